The number of anilines is 1. The van der Waals surface area contributed by atoms with Gasteiger partial charge in [-0.3, -0.25) is 9.88 Å². The van der Waals surface area contributed by atoms with Crippen LogP contribution in [0.15, 0.2) is 18.5 Å². The molecule has 4 atom stereocenters. The van der Waals surface area contributed by atoms with Crippen LogP contribution in [0.2, 0.25) is 0 Å². The summed E-state index contributed by atoms with van der Waals surface area (Å²) in [6.45, 7) is 2.40. The standard InChI is InChI=1S/C16H22F3N3O3/c17-16(18,19)11-3-12(5-20-4-11)22-2-1-10(7-22)6-21-8-13(23)15(25)14(24)9-21/h3-5,10,13-15,23-25H,1-2,6-9H2/t10-,13-,14+,15?/m0/s1. The summed E-state index contributed by atoms with van der Waals surface area (Å²) in [6.07, 6.45) is -4.47. The first-order chi connectivity index (χ1) is 11.7. The Morgan fingerprint density at radius 2 is 1.76 bits per heavy atom. The Bertz CT molecular complexity index is 589. The third kappa shape index (κ3) is 4.22. The van der Waals surface area contributed by atoms with E-state index in [1.165, 1.54) is 6.20 Å². The molecule has 2 saturated heterocycles. The summed E-state index contributed by atoms with van der Waals surface area (Å²) in [6, 6.07) is 1.11. The predicted octanol–water partition coefficient (Wildman–Crippen LogP) is 0.325. The smallest absolute Gasteiger partial charge is 0.389 e. The van der Waals surface area contributed by atoms with Gasteiger partial charge >= 0.3 is 6.18 Å². The number of aliphatic hydroxyl groups is 3. The second kappa shape index (κ2) is 7.06. The summed E-state index contributed by atoms with van der Waals surface area (Å²) in [5, 5.41) is 29.1. The van der Waals surface area contributed by atoms with Gasteiger partial charge in [0, 0.05) is 38.9 Å². The number of hydrogen-bond acceptors (Lipinski definition) is 6. The lowest BCUT2D eigenvalue weighted by Crippen LogP contribution is -2.56. The van der Waals surface area contributed by atoms with Crippen molar-refractivity contribution in [2.75, 3.05) is 37.6 Å². The second-order valence-corrected chi connectivity index (χ2v) is 6.87. The quantitative estimate of drug-likeness (QED) is 0.720. The predicted molar refractivity (Wildman–Crippen MR) is 84.0 cm³/mol. The Balaban J connectivity index is 1.59. The summed E-state index contributed by atoms with van der Waals surface area (Å²) in [5.41, 5.74) is -0.309. The normalized spacial score (nSPS) is 31.5. The van der Waals surface area contributed by atoms with Crippen molar-refractivity contribution in [1.29, 1.82) is 0 Å². The first-order valence-corrected chi connectivity index (χ1v) is 8.28. The maximum atomic E-state index is 12.8. The van der Waals surface area contributed by atoms with E-state index in [0.29, 0.717) is 25.3 Å². The number of nitrogens with zero attached hydrogens (tertiary/aromatic N) is 3. The van der Waals surface area contributed by atoms with Crippen LogP contribution in [0.4, 0.5) is 18.9 Å². The van der Waals surface area contributed by atoms with Crippen LogP contribution >= 0.6 is 0 Å². The van der Waals surface area contributed by atoms with E-state index in [1.54, 1.807) is 0 Å². The molecule has 3 N–H and O–H groups in total. The monoisotopic (exact) mass is 361 g/mol. The summed E-state index contributed by atoms with van der Waals surface area (Å²) in [5.74, 6) is 0.212. The molecule has 0 saturated carbocycles. The molecule has 140 valence electrons. The van der Waals surface area contributed by atoms with Crippen molar-refractivity contribution in [3.05, 3.63) is 24.0 Å². The van der Waals surface area contributed by atoms with Crippen molar-refractivity contribution in [1.82, 2.24) is 9.88 Å². The lowest BCUT2D eigenvalue weighted by atomic mass is 10.00. The van der Waals surface area contributed by atoms with Gasteiger partial charge in [0.15, 0.2) is 0 Å². The van der Waals surface area contributed by atoms with Crippen molar-refractivity contribution < 1.29 is 28.5 Å². The number of piperidine rings is 1. The van der Waals surface area contributed by atoms with E-state index in [4.69, 9.17) is 0 Å². The highest BCUT2D eigenvalue weighted by Crippen LogP contribution is 2.32. The molecule has 0 bridgehead atoms. The van der Waals surface area contributed by atoms with Gasteiger partial charge in [-0.05, 0) is 18.4 Å². The van der Waals surface area contributed by atoms with Gasteiger partial charge in [-0.25, -0.2) is 0 Å². The molecule has 9 heteroatoms. The molecule has 2 fully saturated rings. The Morgan fingerprint density at radius 1 is 1.08 bits per heavy atom. The van der Waals surface area contributed by atoms with Crippen LogP contribution in [0.25, 0.3) is 0 Å². The van der Waals surface area contributed by atoms with E-state index < -0.39 is 30.1 Å². The van der Waals surface area contributed by atoms with Gasteiger partial charge in [0.25, 0.3) is 0 Å². The number of pyridine rings is 1. The van der Waals surface area contributed by atoms with Gasteiger partial charge in [0.1, 0.15) is 6.10 Å². The summed E-state index contributed by atoms with van der Waals surface area (Å²) >= 11 is 0. The third-order valence-corrected chi connectivity index (χ3v) is 4.90. The van der Waals surface area contributed by atoms with E-state index in [2.05, 4.69) is 4.98 Å². The van der Waals surface area contributed by atoms with Crippen LogP contribution in [-0.4, -0.2) is 76.2 Å². The van der Waals surface area contributed by atoms with Gasteiger partial charge in [0.2, 0.25) is 0 Å². The minimum absolute atomic E-state index is 0.212. The fraction of sp³-hybridized carbons (Fsp3) is 0.688. The Morgan fingerprint density at radius 3 is 2.40 bits per heavy atom. The highest BCUT2D eigenvalue weighted by Gasteiger charge is 2.36. The first kappa shape index (κ1) is 18.4. The van der Waals surface area contributed by atoms with Crippen molar-refractivity contribution in [3.8, 4) is 0 Å². The van der Waals surface area contributed by atoms with Gasteiger partial charge < -0.3 is 20.2 Å². The number of aromatic nitrogens is 1. The lowest BCUT2D eigenvalue weighted by Gasteiger charge is -2.38. The molecule has 0 spiro atoms. The molecule has 0 aromatic carbocycles. The summed E-state index contributed by atoms with van der Waals surface area (Å²) in [7, 11) is 0. The molecule has 3 rings (SSSR count). The van der Waals surface area contributed by atoms with Crippen molar-refractivity contribution >= 4 is 5.69 Å². The van der Waals surface area contributed by atoms with E-state index in [-0.39, 0.29) is 19.0 Å². The molecule has 3 heterocycles. The maximum absolute atomic E-state index is 12.8. The zero-order chi connectivity index (χ0) is 18.2. The largest absolute Gasteiger partial charge is 0.417 e. The zero-order valence-corrected chi connectivity index (χ0v) is 13.6. The number of aliphatic hydroxyl groups excluding tert-OH is 3. The number of likely N-dealkylation sites (tertiary alicyclic amines) is 1. The average molecular weight is 361 g/mol. The van der Waals surface area contributed by atoms with Crippen LogP contribution in [0.1, 0.15) is 12.0 Å². The molecule has 1 unspecified atom stereocenters. The highest BCUT2D eigenvalue weighted by atomic mass is 19.4. The molecule has 0 radical (unpaired) electrons. The Kier molecular flexibility index (Phi) is 5.19. The average Bonchev–Trinajstić information content (AvgIpc) is 3.00. The molecule has 0 amide bonds. The van der Waals surface area contributed by atoms with Crippen LogP contribution in [0, 0.1) is 5.92 Å². The van der Waals surface area contributed by atoms with Crippen molar-refractivity contribution in [2.24, 2.45) is 5.92 Å². The van der Waals surface area contributed by atoms with E-state index >= 15 is 0 Å². The first-order valence-electron chi connectivity index (χ1n) is 8.28. The number of β-amino-alcohol motifs (C(OH)–C–C–N with tert-alkyl or cyclic N) is 2. The number of halogens is 3. The lowest BCUT2D eigenvalue weighted by molar-refractivity contribution is -0.137. The maximum Gasteiger partial charge on any atom is 0.417 e. The third-order valence-electron chi connectivity index (χ3n) is 4.90. The second-order valence-electron chi connectivity index (χ2n) is 6.87. The molecule has 2 aliphatic heterocycles. The van der Waals surface area contributed by atoms with Crippen LogP contribution in [-0.2, 0) is 6.18 Å². The highest BCUT2D eigenvalue weighted by molar-refractivity contribution is 5.47. The minimum Gasteiger partial charge on any atom is -0.389 e. The summed E-state index contributed by atoms with van der Waals surface area (Å²) < 4.78 is 38.4. The Hall–Kier alpha value is -1.42. The van der Waals surface area contributed by atoms with E-state index in [1.807, 2.05) is 9.80 Å². The van der Waals surface area contributed by atoms with Crippen LogP contribution in [0.5, 0.6) is 0 Å². The Labute approximate surface area is 143 Å². The van der Waals surface area contributed by atoms with Crippen LogP contribution < -0.4 is 4.90 Å². The van der Waals surface area contributed by atoms with Crippen molar-refractivity contribution in [3.63, 3.8) is 0 Å². The van der Waals surface area contributed by atoms with E-state index in [9.17, 15) is 28.5 Å². The molecule has 0 aliphatic carbocycles. The SMILES string of the molecule is OC1[C@H](O)CN(C[C@@H]2CCN(c3cncc(C(F)(F)F)c3)C2)C[C@@H]1O. The molecule has 1 aromatic heterocycles. The number of alkyl halides is 3. The number of rotatable bonds is 3. The fourth-order valence-corrected chi connectivity index (χ4v) is 3.56. The number of hydrogen-bond donors (Lipinski definition) is 3. The van der Waals surface area contributed by atoms with Gasteiger partial charge in [-0.2, -0.15) is 13.2 Å². The molecule has 25 heavy (non-hydrogen) atoms. The van der Waals surface area contributed by atoms with Gasteiger partial charge in [0.05, 0.1) is 29.7 Å². The van der Waals surface area contributed by atoms with Crippen LogP contribution in [0.3, 0.4) is 0 Å². The molecule has 6 nitrogen and oxygen atoms in total. The minimum atomic E-state index is -4.41. The summed E-state index contributed by atoms with van der Waals surface area (Å²) in [4.78, 5) is 7.46. The zero-order valence-electron chi connectivity index (χ0n) is 13.6. The topological polar surface area (TPSA) is 80.1 Å². The van der Waals surface area contributed by atoms with Crippen molar-refractivity contribution in [2.45, 2.75) is 30.9 Å². The van der Waals surface area contributed by atoms with Gasteiger partial charge in [-0.1, -0.05) is 0 Å². The van der Waals surface area contributed by atoms with Gasteiger partial charge in [-0.15, -0.1) is 0 Å². The molecular weight excluding hydrogens is 339 g/mol. The van der Waals surface area contributed by atoms with E-state index in [0.717, 1.165) is 18.7 Å². The molecular formula is C16H22F3N3O3. The fourth-order valence-electron chi connectivity index (χ4n) is 3.56. The molecule has 2 aliphatic rings. The molecule has 1 aromatic rings.